The molecule has 0 heterocycles. The van der Waals surface area contributed by atoms with Gasteiger partial charge >= 0.3 is 0 Å². The summed E-state index contributed by atoms with van der Waals surface area (Å²) in [6.07, 6.45) is 0. The number of halogens is 1. The Morgan fingerprint density at radius 1 is 1.39 bits per heavy atom. The number of carbonyl (C=O) groups is 1. The summed E-state index contributed by atoms with van der Waals surface area (Å²) in [4.78, 5) is 13.2. The second-order valence-electron chi connectivity index (χ2n) is 4.80. The third kappa shape index (κ3) is 5.51. The lowest BCUT2D eigenvalue weighted by molar-refractivity contribution is -0.134. The summed E-state index contributed by atoms with van der Waals surface area (Å²) in [7, 11) is 1.64. The Morgan fingerprint density at radius 2 is 1.94 bits per heavy atom. The van der Waals surface area contributed by atoms with Crippen molar-refractivity contribution >= 4 is 21.8 Å². The molecule has 0 atom stereocenters. The lowest BCUT2D eigenvalue weighted by Gasteiger charge is -2.25. The normalized spacial score (nSPS) is 11.2. The number of aliphatic hydroxyl groups is 1. The summed E-state index contributed by atoms with van der Waals surface area (Å²) in [6, 6.07) is 7.27. The zero-order valence-corrected chi connectivity index (χ0v) is 12.4. The first-order valence-electron chi connectivity index (χ1n) is 5.63. The van der Waals surface area contributed by atoms with E-state index in [1.807, 2.05) is 12.1 Å². The maximum atomic E-state index is 11.7. The van der Waals surface area contributed by atoms with Gasteiger partial charge in [-0.05, 0) is 38.1 Å². The third-order valence-corrected chi connectivity index (χ3v) is 2.75. The molecule has 0 saturated heterocycles. The molecule has 0 aliphatic carbocycles. The molecule has 0 bridgehead atoms. The van der Waals surface area contributed by atoms with E-state index in [9.17, 15) is 9.90 Å². The van der Waals surface area contributed by atoms with Crippen LogP contribution in [0.4, 0.5) is 0 Å². The first-order valence-corrected chi connectivity index (χ1v) is 6.42. The minimum absolute atomic E-state index is 0.0335. The summed E-state index contributed by atoms with van der Waals surface area (Å²) in [5.74, 6) is 0.475. The fourth-order valence-electron chi connectivity index (χ4n) is 1.45. The van der Waals surface area contributed by atoms with E-state index in [4.69, 9.17) is 4.74 Å². The molecule has 4 nitrogen and oxygen atoms in total. The Hall–Kier alpha value is -1.07. The second-order valence-corrected chi connectivity index (χ2v) is 5.72. The molecule has 0 fully saturated rings. The molecule has 0 unspecified atom stereocenters. The minimum atomic E-state index is -0.901. The van der Waals surface area contributed by atoms with Crippen molar-refractivity contribution in [2.45, 2.75) is 19.4 Å². The summed E-state index contributed by atoms with van der Waals surface area (Å²) in [5, 5.41) is 9.61. The molecule has 18 heavy (non-hydrogen) atoms. The molecule has 1 rings (SSSR count). The van der Waals surface area contributed by atoms with Crippen LogP contribution in [0.2, 0.25) is 0 Å². The van der Waals surface area contributed by atoms with Crippen LogP contribution in [0, 0.1) is 0 Å². The van der Waals surface area contributed by atoms with Crippen LogP contribution in [0.3, 0.4) is 0 Å². The highest BCUT2D eigenvalue weighted by atomic mass is 79.9. The van der Waals surface area contributed by atoms with Crippen molar-refractivity contribution in [1.82, 2.24) is 4.90 Å². The Bertz CT molecular complexity index is 398. The van der Waals surface area contributed by atoms with E-state index in [0.29, 0.717) is 5.75 Å². The summed E-state index contributed by atoms with van der Waals surface area (Å²) in [6.45, 7) is 3.56. The first kappa shape index (κ1) is 15.0. The number of rotatable bonds is 5. The van der Waals surface area contributed by atoms with Crippen LogP contribution in [0.5, 0.6) is 5.75 Å². The van der Waals surface area contributed by atoms with Crippen molar-refractivity contribution in [2.75, 3.05) is 20.2 Å². The number of nitrogens with zero attached hydrogens (tertiary/aromatic N) is 1. The topological polar surface area (TPSA) is 49.8 Å². The SMILES string of the molecule is CN(CC(C)(C)O)C(=O)COc1ccc(Br)cc1. The van der Waals surface area contributed by atoms with Crippen LogP contribution in [-0.4, -0.2) is 41.7 Å². The molecule has 1 N–H and O–H groups in total. The zero-order valence-electron chi connectivity index (χ0n) is 10.8. The van der Waals surface area contributed by atoms with E-state index in [-0.39, 0.29) is 19.1 Å². The molecule has 0 saturated carbocycles. The fraction of sp³-hybridized carbons (Fsp3) is 0.462. The van der Waals surface area contributed by atoms with Crippen molar-refractivity contribution in [3.05, 3.63) is 28.7 Å². The molecule has 0 radical (unpaired) electrons. The summed E-state index contributed by atoms with van der Waals surface area (Å²) >= 11 is 3.32. The highest BCUT2D eigenvalue weighted by Gasteiger charge is 2.19. The molecule has 1 aromatic rings. The highest BCUT2D eigenvalue weighted by molar-refractivity contribution is 9.10. The smallest absolute Gasteiger partial charge is 0.260 e. The van der Waals surface area contributed by atoms with E-state index in [1.54, 1.807) is 33.0 Å². The van der Waals surface area contributed by atoms with Gasteiger partial charge in [-0.25, -0.2) is 0 Å². The van der Waals surface area contributed by atoms with Gasteiger partial charge in [0.15, 0.2) is 6.61 Å². The van der Waals surface area contributed by atoms with Gasteiger partial charge < -0.3 is 14.7 Å². The van der Waals surface area contributed by atoms with Crippen LogP contribution in [0.15, 0.2) is 28.7 Å². The van der Waals surface area contributed by atoms with E-state index < -0.39 is 5.60 Å². The molecule has 0 aromatic heterocycles. The van der Waals surface area contributed by atoms with Crippen LogP contribution in [0.25, 0.3) is 0 Å². The van der Waals surface area contributed by atoms with Gasteiger partial charge in [0.25, 0.3) is 5.91 Å². The van der Waals surface area contributed by atoms with Crippen molar-refractivity contribution in [3.8, 4) is 5.75 Å². The van der Waals surface area contributed by atoms with Crippen molar-refractivity contribution in [3.63, 3.8) is 0 Å². The number of likely N-dealkylation sites (N-methyl/N-ethyl adjacent to an activating group) is 1. The zero-order chi connectivity index (χ0) is 13.8. The van der Waals surface area contributed by atoms with E-state index >= 15 is 0 Å². The highest BCUT2D eigenvalue weighted by Crippen LogP contribution is 2.16. The maximum absolute atomic E-state index is 11.7. The lowest BCUT2D eigenvalue weighted by atomic mass is 10.1. The molecular formula is C13H18BrNO3. The molecule has 0 aliphatic heterocycles. The van der Waals surface area contributed by atoms with Gasteiger partial charge in [0, 0.05) is 18.1 Å². The summed E-state index contributed by atoms with van der Waals surface area (Å²) in [5.41, 5.74) is -0.901. The molecule has 0 aliphatic rings. The van der Waals surface area contributed by atoms with Crippen molar-refractivity contribution in [1.29, 1.82) is 0 Å². The van der Waals surface area contributed by atoms with E-state index in [1.165, 1.54) is 4.90 Å². The standard InChI is InChI=1S/C13H18BrNO3/c1-13(2,17)9-15(3)12(16)8-18-11-6-4-10(14)5-7-11/h4-7,17H,8-9H2,1-3H3. The van der Waals surface area contributed by atoms with Gasteiger partial charge in [-0.1, -0.05) is 15.9 Å². The molecule has 1 amide bonds. The number of carbonyl (C=O) groups excluding carboxylic acids is 1. The molecule has 1 aromatic carbocycles. The summed E-state index contributed by atoms with van der Waals surface area (Å²) < 4.78 is 6.32. The second kappa shape index (κ2) is 6.20. The Labute approximate surface area is 116 Å². The monoisotopic (exact) mass is 315 g/mol. The van der Waals surface area contributed by atoms with Gasteiger partial charge in [0.05, 0.1) is 5.60 Å². The minimum Gasteiger partial charge on any atom is -0.484 e. The van der Waals surface area contributed by atoms with E-state index in [2.05, 4.69) is 15.9 Å². The Balaban J connectivity index is 2.43. The number of ether oxygens (including phenoxy) is 1. The number of hydrogen-bond donors (Lipinski definition) is 1. The molecule has 100 valence electrons. The van der Waals surface area contributed by atoms with Crippen LogP contribution >= 0.6 is 15.9 Å². The lowest BCUT2D eigenvalue weighted by Crippen LogP contribution is -2.41. The number of hydrogen-bond acceptors (Lipinski definition) is 3. The van der Waals surface area contributed by atoms with Crippen LogP contribution < -0.4 is 4.74 Å². The number of amides is 1. The maximum Gasteiger partial charge on any atom is 0.260 e. The predicted octanol–water partition coefficient (Wildman–Crippen LogP) is 2.06. The average Bonchev–Trinajstić information content (AvgIpc) is 2.25. The van der Waals surface area contributed by atoms with Gasteiger partial charge in [-0.2, -0.15) is 0 Å². The quantitative estimate of drug-likeness (QED) is 0.904. The van der Waals surface area contributed by atoms with Gasteiger partial charge in [-0.15, -0.1) is 0 Å². The van der Waals surface area contributed by atoms with Gasteiger partial charge in [-0.3, -0.25) is 4.79 Å². The first-order chi connectivity index (χ1) is 8.28. The van der Waals surface area contributed by atoms with Crippen LogP contribution in [0.1, 0.15) is 13.8 Å². The predicted molar refractivity (Wildman–Crippen MR) is 73.6 cm³/mol. The third-order valence-electron chi connectivity index (χ3n) is 2.23. The van der Waals surface area contributed by atoms with Gasteiger partial charge in [0.1, 0.15) is 5.75 Å². The van der Waals surface area contributed by atoms with Crippen molar-refractivity contribution in [2.24, 2.45) is 0 Å². The largest absolute Gasteiger partial charge is 0.484 e. The molecular weight excluding hydrogens is 298 g/mol. The van der Waals surface area contributed by atoms with Gasteiger partial charge in [0.2, 0.25) is 0 Å². The number of benzene rings is 1. The fourth-order valence-corrected chi connectivity index (χ4v) is 1.72. The van der Waals surface area contributed by atoms with Crippen LogP contribution in [-0.2, 0) is 4.79 Å². The van der Waals surface area contributed by atoms with Crippen molar-refractivity contribution < 1.29 is 14.6 Å². The molecule has 0 spiro atoms. The average molecular weight is 316 g/mol. The Kier molecular flexibility index (Phi) is 5.16. The molecule has 5 heteroatoms. The Morgan fingerprint density at radius 3 is 2.44 bits per heavy atom. The van der Waals surface area contributed by atoms with E-state index in [0.717, 1.165) is 4.47 Å².